The van der Waals surface area contributed by atoms with Crippen molar-refractivity contribution in [3.63, 3.8) is 0 Å². The molecule has 0 amide bonds. The highest BCUT2D eigenvalue weighted by Gasteiger charge is 2.09. The summed E-state index contributed by atoms with van der Waals surface area (Å²) in [7, 11) is 0. The average molecular weight is 279 g/mol. The van der Waals surface area contributed by atoms with E-state index >= 15 is 0 Å². The Morgan fingerprint density at radius 2 is 2.11 bits per heavy atom. The van der Waals surface area contributed by atoms with Gasteiger partial charge in [0.25, 0.3) is 0 Å². The van der Waals surface area contributed by atoms with Gasteiger partial charge in [-0.25, -0.2) is 4.68 Å². The molecule has 2 heterocycles. The second kappa shape index (κ2) is 4.55. The van der Waals surface area contributed by atoms with Crippen molar-refractivity contribution in [1.82, 2.24) is 20.0 Å². The van der Waals surface area contributed by atoms with Crippen molar-refractivity contribution < 1.29 is 0 Å². The smallest absolute Gasteiger partial charge is 0.0979 e. The number of aromatic nitrogens is 4. The summed E-state index contributed by atoms with van der Waals surface area (Å²) in [6.07, 6.45) is 3.51. The zero-order valence-electron chi connectivity index (χ0n) is 9.22. The maximum atomic E-state index is 6.14. The van der Waals surface area contributed by atoms with Crippen LogP contribution in [0.3, 0.4) is 0 Å². The fraction of sp³-hybridized carbons (Fsp3) is 0.0833. The van der Waals surface area contributed by atoms with Crippen molar-refractivity contribution in [2.24, 2.45) is 0 Å². The molecule has 4 nitrogen and oxygen atoms in total. The van der Waals surface area contributed by atoms with Crippen LogP contribution in [0.4, 0.5) is 0 Å². The molecule has 0 aliphatic carbocycles. The van der Waals surface area contributed by atoms with Crippen molar-refractivity contribution in [3.8, 4) is 5.69 Å². The molecule has 0 spiro atoms. The molecule has 90 valence electrons. The van der Waals surface area contributed by atoms with Crippen LogP contribution in [-0.4, -0.2) is 20.0 Å². The Bertz CT molecular complexity index is 708. The summed E-state index contributed by atoms with van der Waals surface area (Å²) in [6.45, 7) is 0. The minimum Gasteiger partial charge on any atom is -0.254 e. The zero-order valence-corrected chi connectivity index (χ0v) is 10.7. The molecule has 0 aliphatic rings. The Balaban J connectivity index is 2.26. The number of rotatable bonds is 2. The lowest BCUT2D eigenvalue weighted by molar-refractivity contribution is 0.803. The van der Waals surface area contributed by atoms with Gasteiger partial charge in [0.05, 0.1) is 34.0 Å². The number of nitrogens with zero attached hydrogens (tertiary/aromatic N) is 4. The van der Waals surface area contributed by atoms with E-state index in [1.807, 2.05) is 24.3 Å². The first-order valence-electron chi connectivity index (χ1n) is 5.30. The largest absolute Gasteiger partial charge is 0.254 e. The first-order valence-corrected chi connectivity index (χ1v) is 6.21. The Hall–Kier alpha value is -1.65. The molecule has 2 aromatic heterocycles. The molecule has 0 bridgehead atoms. The standard InChI is InChI=1S/C12H8Cl2N4/c13-6-8-7-18(17-16-8)11-4-3-10(14)9-2-1-5-15-12(9)11/h1-5,7H,6H2. The number of hydrogen-bond donors (Lipinski definition) is 0. The van der Waals surface area contributed by atoms with E-state index in [9.17, 15) is 0 Å². The highest BCUT2D eigenvalue weighted by molar-refractivity contribution is 6.35. The predicted octanol–water partition coefficient (Wildman–Crippen LogP) is 3.21. The van der Waals surface area contributed by atoms with E-state index in [1.165, 1.54) is 0 Å². The lowest BCUT2D eigenvalue weighted by atomic mass is 10.2. The van der Waals surface area contributed by atoms with Gasteiger partial charge in [-0.1, -0.05) is 16.8 Å². The normalized spacial score (nSPS) is 11.0. The van der Waals surface area contributed by atoms with Crippen LogP contribution >= 0.6 is 23.2 Å². The third-order valence-corrected chi connectivity index (χ3v) is 3.22. The van der Waals surface area contributed by atoms with Crippen LogP contribution in [0, 0.1) is 0 Å². The van der Waals surface area contributed by atoms with Crippen molar-refractivity contribution in [2.45, 2.75) is 5.88 Å². The van der Waals surface area contributed by atoms with E-state index in [0.717, 1.165) is 22.3 Å². The predicted molar refractivity (Wildman–Crippen MR) is 71.2 cm³/mol. The minimum atomic E-state index is 0.332. The van der Waals surface area contributed by atoms with Crippen LogP contribution in [0.2, 0.25) is 5.02 Å². The van der Waals surface area contributed by atoms with Crippen LogP contribution in [-0.2, 0) is 5.88 Å². The summed E-state index contributed by atoms with van der Waals surface area (Å²) < 4.78 is 1.66. The van der Waals surface area contributed by atoms with Gasteiger partial charge in [0.2, 0.25) is 0 Å². The van der Waals surface area contributed by atoms with Gasteiger partial charge in [-0.2, -0.15) is 0 Å². The molecule has 0 unspecified atom stereocenters. The van der Waals surface area contributed by atoms with Crippen molar-refractivity contribution >= 4 is 34.1 Å². The molecule has 6 heteroatoms. The molecule has 0 N–H and O–H groups in total. The fourth-order valence-corrected chi connectivity index (χ4v) is 2.12. The van der Waals surface area contributed by atoms with Gasteiger partial charge >= 0.3 is 0 Å². The van der Waals surface area contributed by atoms with Crippen LogP contribution < -0.4 is 0 Å². The van der Waals surface area contributed by atoms with Gasteiger partial charge in [-0.05, 0) is 24.3 Å². The summed E-state index contributed by atoms with van der Waals surface area (Å²) in [6, 6.07) is 7.46. The molecule has 0 atom stereocenters. The van der Waals surface area contributed by atoms with E-state index in [4.69, 9.17) is 23.2 Å². The molecule has 3 rings (SSSR count). The first kappa shape index (κ1) is 11.4. The lowest BCUT2D eigenvalue weighted by Crippen LogP contribution is -1.97. The average Bonchev–Trinajstić information content (AvgIpc) is 2.88. The molecule has 0 saturated heterocycles. The van der Waals surface area contributed by atoms with E-state index in [2.05, 4.69) is 15.3 Å². The second-order valence-electron chi connectivity index (χ2n) is 3.75. The van der Waals surface area contributed by atoms with Gasteiger partial charge in [0.15, 0.2) is 0 Å². The fourth-order valence-electron chi connectivity index (χ4n) is 1.79. The number of halogens is 2. The van der Waals surface area contributed by atoms with Crippen LogP contribution in [0.15, 0.2) is 36.7 Å². The minimum absolute atomic E-state index is 0.332. The van der Waals surface area contributed by atoms with E-state index in [0.29, 0.717) is 10.9 Å². The van der Waals surface area contributed by atoms with Gasteiger partial charge < -0.3 is 0 Å². The van der Waals surface area contributed by atoms with E-state index < -0.39 is 0 Å². The van der Waals surface area contributed by atoms with Gasteiger partial charge in [0.1, 0.15) is 0 Å². The summed E-state index contributed by atoms with van der Waals surface area (Å²) in [5.41, 5.74) is 2.34. The Morgan fingerprint density at radius 1 is 1.22 bits per heavy atom. The number of benzene rings is 1. The molecular weight excluding hydrogens is 271 g/mol. The van der Waals surface area contributed by atoms with Gasteiger partial charge in [-0.15, -0.1) is 16.7 Å². The summed E-state index contributed by atoms with van der Waals surface area (Å²) in [5.74, 6) is 0.332. The topological polar surface area (TPSA) is 43.6 Å². The SMILES string of the molecule is ClCc1cn(-c2ccc(Cl)c3cccnc23)nn1. The van der Waals surface area contributed by atoms with Gasteiger partial charge in [-0.3, -0.25) is 4.98 Å². The molecule has 0 radical (unpaired) electrons. The second-order valence-corrected chi connectivity index (χ2v) is 4.43. The maximum Gasteiger partial charge on any atom is 0.0979 e. The van der Waals surface area contributed by atoms with E-state index in [1.54, 1.807) is 17.1 Å². The molecule has 0 aliphatic heterocycles. The van der Waals surface area contributed by atoms with Crippen molar-refractivity contribution in [1.29, 1.82) is 0 Å². The Kier molecular flexibility index (Phi) is 2.89. The molecular formula is C12H8Cl2N4. The highest BCUT2D eigenvalue weighted by atomic mass is 35.5. The van der Waals surface area contributed by atoms with Gasteiger partial charge in [0, 0.05) is 11.6 Å². The lowest BCUT2D eigenvalue weighted by Gasteiger charge is -2.05. The number of pyridine rings is 1. The van der Waals surface area contributed by atoms with E-state index in [-0.39, 0.29) is 0 Å². The van der Waals surface area contributed by atoms with Crippen LogP contribution in [0.5, 0.6) is 0 Å². The molecule has 18 heavy (non-hydrogen) atoms. The molecule has 0 saturated carbocycles. The first-order chi connectivity index (χ1) is 8.79. The monoisotopic (exact) mass is 278 g/mol. The third kappa shape index (κ3) is 1.83. The zero-order chi connectivity index (χ0) is 12.5. The summed E-state index contributed by atoms with van der Waals surface area (Å²) in [5, 5.41) is 9.55. The number of hydrogen-bond acceptors (Lipinski definition) is 3. The van der Waals surface area contributed by atoms with Crippen LogP contribution in [0.1, 0.15) is 5.69 Å². The quantitative estimate of drug-likeness (QED) is 0.676. The number of fused-ring (bicyclic) bond motifs is 1. The Labute approximate surface area is 113 Å². The molecule has 0 fully saturated rings. The van der Waals surface area contributed by atoms with Crippen molar-refractivity contribution in [2.75, 3.05) is 0 Å². The van der Waals surface area contributed by atoms with Crippen molar-refractivity contribution in [3.05, 3.63) is 47.4 Å². The summed E-state index contributed by atoms with van der Waals surface area (Å²) in [4.78, 5) is 4.35. The molecule has 3 aromatic rings. The third-order valence-electron chi connectivity index (χ3n) is 2.62. The summed E-state index contributed by atoms with van der Waals surface area (Å²) >= 11 is 11.9. The number of alkyl halides is 1. The maximum absolute atomic E-state index is 6.14. The highest BCUT2D eigenvalue weighted by Crippen LogP contribution is 2.26. The Morgan fingerprint density at radius 3 is 2.89 bits per heavy atom. The molecule has 1 aromatic carbocycles. The van der Waals surface area contributed by atoms with Crippen LogP contribution in [0.25, 0.3) is 16.6 Å².